The lowest BCUT2D eigenvalue weighted by molar-refractivity contribution is 0.677. The molecule has 0 aromatic heterocycles. The van der Waals surface area contributed by atoms with E-state index in [0.29, 0.717) is 5.25 Å². The molecule has 0 bridgehead atoms. The van der Waals surface area contributed by atoms with Crippen molar-refractivity contribution in [3.63, 3.8) is 0 Å². The number of nitrogens with one attached hydrogen (secondary N) is 1. The SMILES string of the molecule is Nc1ccc(Cl)cc1NCC1CCCCS1. The van der Waals surface area contributed by atoms with E-state index in [2.05, 4.69) is 17.1 Å². The van der Waals surface area contributed by atoms with E-state index in [1.54, 1.807) is 0 Å². The van der Waals surface area contributed by atoms with E-state index in [-0.39, 0.29) is 0 Å². The summed E-state index contributed by atoms with van der Waals surface area (Å²) in [6.45, 7) is 0.981. The third-order valence-corrected chi connectivity index (χ3v) is 4.44. The maximum Gasteiger partial charge on any atom is 0.0589 e. The van der Waals surface area contributed by atoms with Gasteiger partial charge in [0.2, 0.25) is 0 Å². The topological polar surface area (TPSA) is 38.0 Å². The van der Waals surface area contributed by atoms with Gasteiger partial charge in [-0.2, -0.15) is 11.8 Å². The summed E-state index contributed by atoms with van der Waals surface area (Å²) in [6.07, 6.45) is 4.02. The Balaban J connectivity index is 1.90. The molecule has 1 aliphatic rings. The molecule has 4 heteroatoms. The highest BCUT2D eigenvalue weighted by atomic mass is 35.5. The van der Waals surface area contributed by atoms with Crippen LogP contribution >= 0.6 is 23.4 Å². The monoisotopic (exact) mass is 256 g/mol. The summed E-state index contributed by atoms with van der Waals surface area (Å²) in [5.74, 6) is 1.29. The summed E-state index contributed by atoms with van der Waals surface area (Å²) in [4.78, 5) is 0. The molecule has 0 amide bonds. The van der Waals surface area contributed by atoms with E-state index in [1.165, 1.54) is 25.0 Å². The minimum Gasteiger partial charge on any atom is -0.397 e. The lowest BCUT2D eigenvalue weighted by Gasteiger charge is -2.22. The molecule has 1 aromatic carbocycles. The highest BCUT2D eigenvalue weighted by molar-refractivity contribution is 7.99. The Labute approximate surface area is 106 Å². The third-order valence-electron chi connectivity index (χ3n) is 2.81. The first kappa shape index (κ1) is 11.9. The Bertz CT molecular complexity index is 351. The van der Waals surface area contributed by atoms with E-state index < -0.39 is 0 Å². The second-order valence-electron chi connectivity index (χ2n) is 4.10. The smallest absolute Gasteiger partial charge is 0.0589 e. The third kappa shape index (κ3) is 3.22. The van der Waals surface area contributed by atoms with E-state index in [1.807, 2.05) is 18.2 Å². The van der Waals surface area contributed by atoms with Gasteiger partial charge in [0.05, 0.1) is 11.4 Å². The zero-order chi connectivity index (χ0) is 11.4. The molecule has 88 valence electrons. The maximum absolute atomic E-state index is 5.94. The summed E-state index contributed by atoms with van der Waals surface area (Å²) >= 11 is 7.99. The van der Waals surface area contributed by atoms with Crippen LogP contribution in [-0.2, 0) is 0 Å². The first-order valence-electron chi connectivity index (χ1n) is 5.66. The van der Waals surface area contributed by atoms with Crippen molar-refractivity contribution < 1.29 is 0 Å². The number of nitrogens with two attached hydrogens (primary N) is 1. The number of rotatable bonds is 3. The highest BCUT2D eigenvalue weighted by Gasteiger charge is 2.13. The zero-order valence-electron chi connectivity index (χ0n) is 9.21. The normalized spacial score (nSPS) is 20.7. The summed E-state index contributed by atoms with van der Waals surface area (Å²) in [5, 5.41) is 4.84. The van der Waals surface area contributed by atoms with E-state index >= 15 is 0 Å². The number of anilines is 2. The average molecular weight is 257 g/mol. The van der Waals surface area contributed by atoms with Gasteiger partial charge < -0.3 is 11.1 Å². The van der Waals surface area contributed by atoms with Gasteiger partial charge >= 0.3 is 0 Å². The predicted octanol–water partition coefficient (Wildman–Crippen LogP) is 3.62. The number of benzene rings is 1. The minimum absolute atomic E-state index is 0.715. The molecule has 0 saturated carbocycles. The number of halogens is 1. The molecule has 0 radical (unpaired) electrons. The number of thioether (sulfide) groups is 1. The van der Waals surface area contributed by atoms with Crippen LogP contribution in [0, 0.1) is 0 Å². The maximum atomic E-state index is 5.94. The van der Waals surface area contributed by atoms with Crippen LogP contribution in [0.25, 0.3) is 0 Å². The van der Waals surface area contributed by atoms with Crippen molar-refractivity contribution in [1.29, 1.82) is 0 Å². The molecule has 0 spiro atoms. The number of hydrogen-bond acceptors (Lipinski definition) is 3. The Morgan fingerprint density at radius 2 is 2.31 bits per heavy atom. The molecule has 1 fully saturated rings. The lowest BCUT2D eigenvalue weighted by atomic mass is 10.2. The molecular formula is C12H17ClN2S. The van der Waals surface area contributed by atoms with Crippen LogP contribution in [0.3, 0.4) is 0 Å². The fourth-order valence-electron chi connectivity index (χ4n) is 1.87. The summed E-state index contributed by atoms with van der Waals surface area (Å²) < 4.78 is 0. The lowest BCUT2D eigenvalue weighted by Crippen LogP contribution is -2.20. The van der Waals surface area contributed by atoms with Crippen molar-refractivity contribution in [2.75, 3.05) is 23.3 Å². The predicted molar refractivity (Wildman–Crippen MR) is 74.5 cm³/mol. The summed E-state index contributed by atoms with van der Waals surface area (Å²) in [6, 6.07) is 5.56. The van der Waals surface area contributed by atoms with Crippen LogP contribution in [0.15, 0.2) is 18.2 Å². The molecule has 1 aliphatic heterocycles. The van der Waals surface area contributed by atoms with Crippen LogP contribution in [0.2, 0.25) is 5.02 Å². The Hall–Kier alpha value is -0.540. The molecule has 1 saturated heterocycles. The van der Waals surface area contributed by atoms with Gasteiger partial charge in [0, 0.05) is 16.8 Å². The van der Waals surface area contributed by atoms with Crippen molar-refractivity contribution >= 4 is 34.7 Å². The standard InChI is InChI=1S/C12H17ClN2S/c13-9-4-5-11(14)12(7-9)15-8-10-3-1-2-6-16-10/h4-5,7,10,15H,1-3,6,8,14H2. The Kier molecular flexibility index (Phi) is 4.24. The van der Waals surface area contributed by atoms with E-state index in [4.69, 9.17) is 17.3 Å². The van der Waals surface area contributed by atoms with Crippen LogP contribution in [0.5, 0.6) is 0 Å². The van der Waals surface area contributed by atoms with Gasteiger partial charge in [-0.25, -0.2) is 0 Å². The van der Waals surface area contributed by atoms with Crippen LogP contribution in [0.1, 0.15) is 19.3 Å². The quantitative estimate of drug-likeness (QED) is 0.812. The van der Waals surface area contributed by atoms with Crippen LogP contribution in [0.4, 0.5) is 11.4 Å². The average Bonchev–Trinajstić information content (AvgIpc) is 2.32. The number of hydrogen-bond donors (Lipinski definition) is 2. The molecule has 3 N–H and O–H groups in total. The van der Waals surface area contributed by atoms with Crippen LogP contribution in [-0.4, -0.2) is 17.5 Å². The van der Waals surface area contributed by atoms with Crippen molar-refractivity contribution in [3.05, 3.63) is 23.2 Å². The van der Waals surface area contributed by atoms with Gasteiger partial charge in [-0.1, -0.05) is 18.0 Å². The molecule has 1 unspecified atom stereocenters. The molecule has 1 aromatic rings. The fourth-order valence-corrected chi connectivity index (χ4v) is 3.28. The van der Waals surface area contributed by atoms with Gasteiger partial charge in [-0.05, 0) is 36.8 Å². The fraction of sp³-hybridized carbons (Fsp3) is 0.500. The highest BCUT2D eigenvalue weighted by Crippen LogP contribution is 2.27. The van der Waals surface area contributed by atoms with E-state index in [0.717, 1.165) is 22.9 Å². The molecule has 0 aliphatic carbocycles. The van der Waals surface area contributed by atoms with E-state index in [9.17, 15) is 0 Å². The van der Waals surface area contributed by atoms with Gasteiger partial charge in [0.25, 0.3) is 0 Å². The van der Waals surface area contributed by atoms with Crippen molar-refractivity contribution in [3.8, 4) is 0 Å². The van der Waals surface area contributed by atoms with Crippen molar-refractivity contribution in [2.45, 2.75) is 24.5 Å². The van der Waals surface area contributed by atoms with Gasteiger partial charge in [0.15, 0.2) is 0 Å². The van der Waals surface area contributed by atoms with Crippen LogP contribution < -0.4 is 11.1 Å². The molecule has 1 atom stereocenters. The van der Waals surface area contributed by atoms with Crippen molar-refractivity contribution in [2.24, 2.45) is 0 Å². The molecule has 2 nitrogen and oxygen atoms in total. The molecule has 16 heavy (non-hydrogen) atoms. The van der Waals surface area contributed by atoms with Crippen molar-refractivity contribution in [1.82, 2.24) is 0 Å². The Morgan fingerprint density at radius 1 is 1.44 bits per heavy atom. The minimum atomic E-state index is 0.715. The van der Waals surface area contributed by atoms with Gasteiger partial charge in [-0.15, -0.1) is 0 Å². The zero-order valence-corrected chi connectivity index (χ0v) is 10.8. The molecule has 2 rings (SSSR count). The number of nitrogen functional groups attached to an aromatic ring is 1. The molecule has 1 heterocycles. The first-order valence-corrected chi connectivity index (χ1v) is 7.09. The second kappa shape index (κ2) is 5.69. The second-order valence-corrected chi connectivity index (χ2v) is 5.95. The summed E-state index contributed by atoms with van der Waals surface area (Å²) in [7, 11) is 0. The summed E-state index contributed by atoms with van der Waals surface area (Å²) in [5.41, 5.74) is 7.60. The first-order chi connectivity index (χ1) is 7.75. The van der Waals surface area contributed by atoms with Gasteiger partial charge in [-0.3, -0.25) is 0 Å². The Morgan fingerprint density at radius 3 is 3.06 bits per heavy atom. The largest absolute Gasteiger partial charge is 0.397 e. The molecular weight excluding hydrogens is 240 g/mol. The van der Waals surface area contributed by atoms with Gasteiger partial charge in [0.1, 0.15) is 0 Å².